The van der Waals surface area contributed by atoms with Crippen LogP contribution in [0, 0.1) is 5.92 Å². The topological polar surface area (TPSA) is 52.3 Å². The Morgan fingerprint density at radius 1 is 1.41 bits per heavy atom. The van der Waals surface area contributed by atoms with E-state index in [1.54, 1.807) is 18.2 Å². The van der Waals surface area contributed by atoms with Crippen molar-refractivity contribution in [2.24, 2.45) is 5.92 Å². The average Bonchev–Trinajstić information content (AvgIpc) is 2.20. The summed E-state index contributed by atoms with van der Waals surface area (Å²) in [5, 5.41) is 0. The zero-order valence-corrected chi connectivity index (χ0v) is 12.0. The lowest BCUT2D eigenvalue weighted by Gasteiger charge is -2.16. The summed E-state index contributed by atoms with van der Waals surface area (Å²) in [5.74, 6) is 0.166. The van der Waals surface area contributed by atoms with E-state index in [1.807, 2.05) is 6.92 Å². The minimum atomic E-state index is -0.336. The van der Waals surface area contributed by atoms with Crippen molar-refractivity contribution in [1.82, 2.24) is 0 Å². The molecule has 17 heavy (non-hydrogen) atoms. The highest BCUT2D eigenvalue weighted by Crippen LogP contribution is 2.25. The Bertz CT molecular complexity index is 404. The van der Waals surface area contributed by atoms with Crippen molar-refractivity contribution in [3.63, 3.8) is 0 Å². The third kappa shape index (κ3) is 4.04. The minimum absolute atomic E-state index is 0.0872. The maximum atomic E-state index is 11.9. The van der Waals surface area contributed by atoms with E-state index < -0.39 is 0 Å². The summed E-state index contributed by atoms with van der Waals surface area (Å²) in [6.07, 6.45) is 0.766. The second kappa shape index (κ2) is 6.05. The molecule has 0 aromatic heterocycles. The SMILES string of the molecule is CC(C)CC(C)OC(=O)c1cccc(N)c1Br. The monoisotopic (exact) mass is 299 g/mol. The standard InChI is InChI=1S/C13H18BrNO2/c1-8(2)7-9(3)17-13(16)10-5-4-6-11(15)12(10)14/h4-6,8-9H,7,15H2,1-3H3. The van der Waals surface area contributed by atoms with Gasteiger partial charge in [-0.25, -0.2) is 4.79 Å². The van der Waals surface area contributed by atoms with Gasteiger partial charge in [0.2, 0.25) is 0 Å². The molecule has 0 aliphatic carbocycles. The zero-order valence-electron chi connectivity index (χ0n) is 10.4. The number of anilines is 1. The zero-order chi connectivity index (χ0) is 13.0. The molecule has 0 aliphatic rings. The number of hydrogen-bond acceptors (Lipinski definition) is 3. The molecular weight excluding hydrogens is 282 g/mol. The second-order valence-electron chi connectivity index (χ2n) is 4.55. The fraction of sp³-hybridized carbons (Fsp3) is 0.462. The lowest BCUT2D eigenvalue weighted by atomic mass is 10.1. The third-order valence-electron chi connectivity index (χ3n) is 2.36. The molecule has 1 unspecified atom stereocenters. The minimum Gasteiger partial charge on any atom is -0.459 e. The van der Waals surface area contributed by atoms with Gasteiger partial charge in [-0.2, -0.15) is 0 Å². The van der Waals surface area contributed by atoms with Crippen LogP contribution in [0.3, 0.4) is 0 Å². The average molecular weight is 300 g/mol. The van der Waals surface area contributed by atoms with Crippen LogP contribution in [-0.2, 0) is 4.74 Å². The van der Waals surface area contributed by atoms with Gasteiger partial charge in [-0.15, -0.1) is 0 Å². The van der Waals surface area contributed by atoms with Crippen LogP contribution >= 0.6 is 15.9 Å². The molecule has 0 amide bonds. The van der Waals surface area contributed by atoms with Crippen molar-refractivity contribution in [1.29, 1.82) is 0 Å². The molecule has 1 aromatic carbocycles. The fourth-order valence-electron chi connectivity index (χ4n) is 1.67. The summed E-state index contributed by atoms with van der Waals surface area (Å²) in [6.45, 7) is 6.10. The summed E-state index contributed by atoms with van der Waals surface area (Å²) in [6, 6.07) is 5.17. The first kappa shape index (κ1) is 14.0. The van der Waals surface area contributed by atoms with E-state index >= 15 is 0 Å². The number of nitrogens with two attached hydrogens (primary N) is 1. The number of esters is 1. The smallest absolute Gasteiger partial charge is 0.339 e. The van der Waals surface area contributed by atoms with Crippen molar-refractivity contribution in [3.8, 4) is 0 Å². The molecule has 0 aliphatic heterocycles. The number of carbonyl (C=O) groups excluding carboxylic acids is 1. The lowest BCUT2D eigenvalue weighted by Crippen LogP contribution is -2.17. The number of ether oxygens (including phenoxy) is 1. The molecule has 0 bridgehead atoms. The summed E-state index contributed by atoms with van der Waals surface area (Å²) in [4.78, 5) is 11.9. The van der Waals surface area contributed by atoms with Gasteiger partial charge in [0.15, 0.2) is 0 Å². The molecule has 1 atom stereocenters. The van der Waals surface area contributed by atoms with Crippen LogP contribution in [0.2, 0.25) is 0 Å². The number of benzene rings is 1. The maximum absolute atomic E-state index is 11.9. The van der Waals surface area contributed by atoms with E-state index in [-0.39, 0.29) is 12.1 Å². The van der Waals surface area contributed by atoms with E-state index in [0.717, 1.165) is 6.42 Å². The van der Waals surface area contributed by atoms with Crippen LogP contribution < -0.4 is 5.73 Å². The van der Waals surface area contributed by atoms with Crippen LogP contribution in [0.5, 0.6) is 0 Å². The lowest BCUT2D eigenvalue weighted by molar-refractivity contribution is 0.0298. The Kier molecular flexibility index (Phi) is 5.00. The maximum Gasteiger partial charge on any atom is 0.339 e. The van der Waals surface area contributed by atoms with Gasteiger partial charge in [-0.1, -0.05) is 19.9 Å². The molecule has 1 aromatic rings. The van der Waals surface area contributed by atoms with E-state index in [0.29, 0.717) is 21.6 Å². The summed E-state index contributed by atoms with van der Waals surface area (Å²) < 4.78 is 5.96. The van der Waals surface area contributed by atoms with E-state index in [2.05, 4.69) is 29.8 Å². The molecule has 2 N–H and O–H groups in total. The van der Waals surface area contributed by atoms with Gasteiger partial charge >= 0.3 is 5.97 Å². The number of halogens is 1. The highest BCUT2D eigenvalue weighted by atomic mass is 79.9. The van der Waals surface area contributed by atoms with Crippen LogP contribution in [0.1, 0.15) is 37.6 Å². The first-order valence-corrected chi connectivity index (χ1v) is 6.46. The van der Waals surface area contributed by atoms with Crippen LogP contribution in [0.15, 0.2) is 22.7 Å². The fourth-order valence-corrected chi connectivity index (χ4v) is 2.09. The van der Waals surface area contributed by atoms with Crippen molar-refractivity contribution < 1.29 is 9.53 Å². The molecule has 0 heterocycles. The molecule has 0 saturated heterocycles. The molecule has 3 nitrogen and oxygen atoms in total. The van der Waals surface area contributed by atoms with Crippen molar-refractivity contribution in [2.75, 3.05) is 5.73 Å². The number of carbonyl (C=O) groups is 1. The van der Waals surface area contributed by atoms with Crippen molar-refractivity contribution in [2.45, 2.75) is 33.3 Å². The molecule has 0 radical (unpaired) electrons. The van der Waals surface area contributed by atoms with Crippen LogP contribution in [-0.4, -0.2) is 12.1 Å². The van der Waals surface area contributed by atoms with Crippen molar-refractivity contribution >= 4 is 27.6 Å². The number of nitrogen functional groups attached to an aromatic ring is 1. The Labute approximate surface area is 110 Å². The molecule has 0 fully saturated rings. The van der Waals surface area contributed by atoms with Gasteiger partial charge in [0.25, 0.3) is 0 Å². The van der Waals surface area contributed by atoms with Crippen molar-refractivity contribution in [3.05, 3.63) is 28.2 Å². The number of hydrogen-bond donors (Lipinski definition) is 1. The normalized spacial score (nSPS) is 12.5. The van der Waals surface area contributed by atoms with E-state index in [9.17, 15) is 4.79 Å². The van der Waals surface area contributed by atoms with Gasteiger partial charge in [0, 0.05) is 5.69 Å². The molecule has 4 heteroatoms. The van der Waals surface area contributed by atoms with Gasteiger partial charge in [-0.3, -0.25) is 0 Å². The molecule has 94 valence electrons. The summed E-state index contributed by atoms with van der Waals surface area (Å²) in [5.41, 5.74) is 6.73. The Hall–Kier alpha value is -1.03. The number of rotatable bonds is 4. The van der Waals surface area contributed by atoms with Gasteiger partial charge < -0.3 is 10.5 Å². The van der Waals surface area contributed by atoms with Gasteiger partial charge in [0.05, 0.1) is 16.1 Å². The van der Waals surface area contributed by atoms with E-state index in [1.165, 1.54) is 0 Å². The molecular formula is C13H18BrNO2. The summed E-state index contributed by atoms with van der Waals surface area (Å²) >= 11 is 3.30. The van der Waals surface area contributed by atoms with E-state index in [4.69, 9.17) is 10.5 Å². The molecule has 1 rings (SSSR count). The first-order valence-electron chi connectivity index (χ1n) is 5.66. The van der Waals surface area contributed by atoms with Crippen LogP contribution in [0.4, 0.5) is 5.69 Å². The Morgan fingerprint density at radius 2 is 2.06 bits per heavy atom. The highest BCUT2D eigenvalue weighted by molar-refractivity contribution is 9.10. The predicted octanol–water partition coefficient (Wildman–Crippen LogP) is 3.62. The quantitative estimate of drug-likeness (QED) is 0.682. The Balaban J connectivity index is 2.73. The third-order valence-corrected chi connectivity index (χ3v) is 3.25. The molecule has 0 saturated carbocycles. The first-order chi connectivity index (χ1) is 7.91. The molecule has 0 spiro atoms. The van der Waals surface area contributed by atoms with Crippen LogP contribution in [0.25, 0.3) is 0 Å². The predicted molar refractivity (Wildman–Crippen MR) is 72.9 cm³/mol. The second-order valence-corrected chi connectivity index (χ2v) is 5.35. The van der Waals surface area contributed by atoms with Gasteiger partial charge in [0.1, 0.15) is 0 Å². The van der Waals surface area contributed by atoms with Gasteiger partial charge in [-0.05, 0) is 47.3 Å². The highest BCUT2D eigenvalue weighted by Gasteiger charge is 2.16. The largest absolute Gasteiger partial charge is 0.459 e. The summed E-state index contributed by atoms with van der Waals surface area (Å²) in [7, 11) is 0. The Morgan fingerprint density at radius 3 is 2.65 bits per heavy atom.